The molecule has 32 heteroatoms. The number of sulfonamides is 2. The van der Waals surface area contributed by atoms with Crippen LogP contribution in [0.15, 0.2) is 267 Å². The van der Waals surface area contributed by atoms with Crippen molar-refractivity contribution in [3.63, 3.8) is 0 Å². The molecule has 142 heavy (non-hydrogen) atoms. The highest BCUT2D eigenvalue weighted by Gasteiger charge is 2.25. The van der Waals surface area contributed by atoms with Gasteiger partial charge in [0.05, 0.1) is 82.9 Å². The molecule has 4 aromatic heterocycles. The van der Waals surface area contributed by atoms with Gasteiger partial charge < -0.3 is 53.5 Å². The van der Waals surface area contributed by atoms with Gasteiger partial charge in [-0.3, -0.25) is 34.2 Å². The quantitative estimate of drug-likeness (QED) is 0.0157. The number of ether oxygens (including phenoxy) is 5. The van der Waals surface area contributed by atoms with E-state index in [1.54, 1.807) is 0 Å². The topological polar surface area (TPSA) is 377 Å². The number of rotatable bonds is 43. The monoisotopic (exact) mass is 2040 g/mol. The zero-order valence-corrected chi connectivity index (χ0v) is 87.9. The summed E-state index contributed by atoms with van der Waals surface area (Å²) in [7, 11) is -6.73. The van der Waals surface area contributed by atoms with Crippen LogP contribution in [0.2, 0.25) is 0 Å². The van der Waals surface area contributed by atoms with Crippen LogP contribution < -0.4 is 29.5 Å². The number of carbonyl (C=O) groups is 4. The Morgan fingerprint density at radius 1 is 0.352 bits per heavy atom. The number of primary sulfonamides is 1. The van der Waals surface area contributed by atoms with Crippen molar-refractivity contribution in [2.24, 2.45) is 5.14 Å². The van der Waals surface area contributed by atoms with Gasteiger partial charge in [0, 0.05) is 121 Å². The molecule has 4 heterocycles. The lowest BCUT2D eigenvalue weighted by molar-refractivity contribution is -0.160. The van der Waals surface area contributed by atoms with Crippen LogP contribution in [0.4, 0.5) is 23.3 Å². The first-order valence-electron chi connectivity index (χ1n) is 47.7. The first-order chi connectivity index (χ1) is 67.7. The van der Waals surface area contributed by atoms with Crippen LogP contribution in [0.3, 0.4) is 0 Å². The van der Waals surface area contributed by atoms with E-state index < -0.39 is 37.5 Å². The molecule has 0 saturated heterocycles. The minimum atomic E-state index is -3.57. The molecule has 0 saturated carbocycles. The third-order valence-electron chi connectivity index (χ3n) is 20.6. The Hall–Kier alpha value is -12.7. The number of unbranched alkanes of at least 4 members (excludes halogenated alkanes) is 4. The zero-order valence-electron chi connectivity index (χ0n) is 84.7. The number of carboxylic acids is 1. The Bertz CT molecular complexity index is 5970. The van der Waals surface area contributed by atoms with Gasteiger partial charge in [0.1, 0.15) is 59.6 Å². The molecule has 0 fully saturated rings. The predicted molar refractivity (Wildman–Crippen MR) is 573 cm³/mol. The normalized spacial score (nSPS) is 11.2. The molecule has 5 N–H and O–H groups in total. The number of aliphatic hydroxyl groups excluding tert-OH is 1. The molecule has 12 aromatic rings. The van der Waals surface area contributed by atoms with Crippen molar-refractivity contribution < 1.29 is 69.9 Å². The second-order valence-corrected chi connectivity index (χ2v) is 40.3. The molecule has 0 atom stereocenters. The molecule has 12 rings (SSSR count). The largest absolute Gasteiger partial charge is 0.480 e. The Morgan fingerprint density at radius 2 is 0.570 bits per heavy atom. The molecular formula is C110H141BrN14O15S2. The molecule has 29 nitrogen and oxygen atoms in total. The molecule has 0 bridgehead atoms. The van der Waals surface area contributed by atoms with E-state index in [-0.39, 0.29) is 67.4 Å². The van der Waals surface area contributed by atoms with E-state index >= 15 is 0 Å². The molecule has 0 aliphatic rings. The van der Waals surface area contributed by atoms with Gasteiger partial charge in [-0.05, 0) is 148 Å². The Labute approximate surface area is 848 Å². The third kappa shape index (κ3) is 43.4. The average molecular weight is 2040 g/mol. The first kappa shape index (κ1) is 116. The van der Waals surface area contributed by atoms with E-state index in [4.69, 9.17) is 73.8 Å². The second kappa shape index (κ2) is 60.6. The average Bonchev–Trinajstić information content (AvgIpc) is 0.808. The standard InChI is InChI=1S/C29H37N3O3.C26H32N4O4S.C25H29N3O3.C23H27N3O.C6H11BrO2.CH5NO2S/c1-22(2)32(18-12-13-19-34-21-26(33)35-29(3,4)5)25-20-30-27(23-14-8-6-9-15-23)28(31-25)24-16-10-7-11-17-24;1-20(2)30(16-10-11-17-34-19-24(31)29-35(3,32)33)23-18-27-25(21-12-6-4-7-13-21)26(28-23)22-14-8-5-9-15-22;1-19(2)28(15-9-10-16-31-18-23(29)30)22-17-26-24(20-11-5-3-6-12-20)25(27-22)21-13-7-4-8-14-21;1-18(2)26(15-9-10-16-27)21-17-24-22(19-11-5-3-6-12-19)23(25-21)20-13-7-4-8-14-20;1-6(2,3)9-5(8)4-7;1-5(2,3)4/h6-11,14-17,20,22H,12-13,18-19,21H2,1-5H3;4-9,12-15,18,20H,10-11,16-17,19H2,1-3H3,(H,29,31);3-8,11-14,17,19H,9-10,15-16,18H2,1-2H3,(H,29,30);3-8,11-14,17-18,27H,9-10,15-16H2,1-2H3;4H2,1-3H3;1H3,(H2,2,3,4). The van der Waals surface area contributed by atoms with Gasteiger partial charge in [0.25, 0.3) is 5.91 Å². The number of aliphatic carboxylic acids is 1. The van der Waals surface area contributed by atoms with Gasteiger partial charge in [-0.15, -0.1) is 0 Å². The van der Waals surface area contributed by atoms with Crippen molar-refractivity contribution in [2.75, 3.05) is 110 Å². The number of hydrogen-bond acceptors (Lipinski definition) is 26. The summed E-state index contributed by atoms with van der Waals surface area (Å²) in [6, 6.07) is 82.1. The highest BCUT2D eigenvalue weighted by Crippen LogP contribution is 2.37. The van der Waals surface area contributed by atoms with Gasteiger partial charge in [0.2, 0.25) is 20.0 Å². The number of carbonyl (C=O) groups excluding carboxylic acids is 3. The van der Waals surface area contributed by atoms with E-state index in [9.17, 15) is 36.0 Å². The van der Waals surface area contributed by atoms with Crippen LogP contribution in [0, 0.1) is 0 Å². The Morgan fingerprint density at radius 3 is 0.775 bits per heavy atom. The maximum atomic E-state index is 11.8. The van der Waals surface area contributed by atoms with E-state index in [0.717, 1.165) is 203 Å². The molecular weight excluding hydrogens is 1900 g/mol. The van der Waals surface area contributed by atoms with Crippen LogP contribution >= 0.6 is 15.9 Å². The van der Waals surface area contributed by atoms with E-state index in [2.05, 4.69) is 157 Å². The summed E-state index contributed by atoms with van der Waals surface area (Å²) >= 11 is 2.99. The lowest BCUT2D eigenvalue weighted by Crippen LogP contribution is -2.33. The van der Waals surface area contributed by atoms with Gasteiger partial charge in [-0.1, -0.05) is 259 Å². The van der Waals surface area contributed by atoms with Crippen LogP contribution in [-0.4, -0.2) is 216 Å². The van der Waals surface area contributed by atoms with Crippen LogP contribution in [0.1, 0.15) is 148 Å². The molecule has 0 unspecified atom stereocenters. The minimum Gasteiger partial charge on any atom is -0.480 e. The summed E-state index contributed by atoms with van der Waals surface area (Å²) in [5.41, 5.74) is 14.4. The number of nitrogens with zero attached hydrogens (tertiary/aromatic N) is 12. The number of nitrogens with two attached hydrogens (primary N) is 1. The predicted octanol–water partition coefficient (Wildman–Crippen LogP) is 20.4. The van der Waals surface area contributed by atoms with Gasteiger partial charge >= 0.3 is 17.9 Å². The minimum absolute atomic E-state index is 0.0158. The molecule has 0 spiro atoms. The number of amides is 1. The van der Waals surface area contributed by atoms with Crippen molar-refractivity contribution in [1.29, 1.82) is 0 Å². The van der Waals surface area contributed by atoms with E-state index in [1.165, 1.54) is 0 Å². The van der Waals surface area contributed by atoms with E-state index in [1.807, 2.05) is 253 Å². The number of anilines is 4. The van der Waals surface area contributed by atoms with Crippen molar-refractivity contribution >= 4 is 83.1 Å². The highest BCUT2D eigenvalue weighted by molar-refractivity contribution is 9.09. The summed E-state index contributed by atoms with van der Waals surface area (Å²) in [6.07, 6.45) is 15.9. The fraction of sp³-hybridized carbons (Fsp3) is 0.382. The van der Waals surface area contributed by atoms with Gasteiger partial charge in [0.15, 0.2) is 0 Å². The van der Waals surface area contributed by atoms with E-state index in [0.29, 0.717) is 25.9 Å². The highest BCUT2D eigenvalue weighted by atomic mass is 79.9. The number of carboxylic acid groups (broad SMARTS) is 1. The van der Waals surface area contributed by atoms with Crippen molar-refractivity contribution in [3.8, 4) is 90.1 Å². The number of hydrogen-bond donors (Lipinski definition) is 4. The first-order valence-corrected chi connectivity index (χ1v) is 52.7. The third-order valence-corrected chi connectivity index (χ3v) is 21.7. The van der Waals surface area contributed by atoms with Crippen molar-refractivity contribution in [2.45, 2.75) is 184 Å². The summed E-state index contributed by atoms with van der Waals surface area (Å²) < 4.78 is 69.0. The smallest absolute Gasteiger partial charge is 0.332 e. The van der Waals surface area contributed by atoms with Crippen LogP contribution in [-0.2, 0) is 62.9 Å². The molecule has 0 aliphatic carbocycles. The number of alkyl halides is 1. The lowest BCUT2D eigenvalue weighted by atomic mass is 10.0. The number of aromatic nitrogens is 8. The fourth-order valence-corrected chi connectivity index (χ4v) is 14.9. The molecule has 1 amide bonds. The zero-order chi connectivity index (χ0) is 104. The number of aliphatic hydroxyl groups is 1. The number of esters is 2. The second-order valence-electron chi connectivity index (χ2n) is 36.3. The van der Waals surface area contributed by atoms with Crippen molar-refractivity contribution in [3.05, 3.63) is 267 Å². The summed E-state index contributed by atoms with van der Waals surface area (Å²) in [5, 5.41) is 22.3. The van der Waals surface area contributed by atoms with Gasteiger partial charge in [-0.25, -0.2) is 51.5 Å². The molecule has 8 aromatic carbocycles. The van der Waals surface area contributed by atoms with Gasteiger partial charge in [-0.2, -0.15) is 0 Å². The Kier molecular flexibility index (Phi) is 49.6. The number of benzene rings is 8. The van der Waals surface area contributed by atoms with Crippen molar-refractivity contribution in [1.82, 2.24) is 44.6 Å². The summed E-state index contributed by atoms with van der Waals surface area (Å²) in [4.78, 5) is 92.8. The SMILES string of the molecule is CC(C)(C)OC(=O)CBr.CC(C)N(CCCCO)c1cnc(-c2ccccc2)c(-c2ccccc2)n1.CC(C)N(CCCCOCC(=O)NS(C)(=O)=O)c1cnc(-c2ccccc2)c(-c2ccccc2)n1.CC(C)N(CCCCOCC(=O)O)c1cnc(-c2ccccc2)c(-c2ccccc2)n1.CC(C)N(CCCCOCC(=O)OC(C)(C)C)c1cnc(-c2ccccc2)c(-c2ccccc2)n1.CS(N)(=O)=O. The summed E-state index contributed by atoms with van der Waals surface area (Å²) in [6.45, 7) is 32.4. The maximum absolute atomic E-state index is 11.8. The van der Waals surface area contributed by atoms with Crippen LogP contribution in [0.25, 0.3) is 90.1 Å². The fourth-order valence-electron chi connectivity index (χ4n) is 14.3. The maximum Gasteiger partial charge on any atom is 0.332 e. The molecule has 0 aliphatic heterocycles. The van der Waals surface area contributed by atoms with Crippen LogP contribution in [0.5, 0.6) is 0 Å². The summed E-state index contributed by atoms with van der Waals surface area (Å²) in [5.74, 6) is 1.21. The molecule has 760 valence electrons. The lowest BCUT2D eigenvalue weighted by Gasteiger charge is -2.28. The number of halogens is 1. The molecule has 0 radical (unpaired) electrons. The Balaban J connectivity index is 0.000000246. The number of nitrogens with one attached hydrogen (secondary N) is 1.